The molecule has 2 saturated carbocycles. The highest BCUT2D eigenvalue weighted by Gasteiger charge is 2.55. The average Bonchev–Trinajstić information content (AvgIpc) is 3.72. The van der Waals surface area contributed by atoms with Crippen LogP contribution in [0, 0.1) is 27.3 Å². The number of nitro benzene ring substituents is 1. The normalized spacial score (nSPS) is 22.4. The van der Waals surface area contributed by atoms with E-state index in [0.717, 1.165) is 89.9 Å². The van der Waals surface area contributed by atoms with Gasteiger partial charge in [0, 0.05) is 93.2 Å². The summed E-state index contributed by atoms with van der Waals surface area (Å²) in [6.07, 6.45) is 7.39. The number of H-pyrrole nitrogens is 1. The van der Waals surface area contributed by atoms with Gasteiger partial charge in [0.1, 0.15) is 28.7 Å². The molecule has 5 aliphatic rings. The van der Waals surface area contributed by atoms with Gasteiger partial charge in [-0.05, 0) is 110 Å². The first kappa shape index (κ1) is 50.7. The van der Waals surface area contributed by atoms with Crippen molar-refractivity contribution in [2.75, 3.05) is 62.7 Å². The number of anilines is 2. The molecule has 5 heterocycles. The van der Waals surface area contributed by atoms with Crippen LogP contribution in [0.2, 0.25) is 0 Å². The molecule has 5 fully saturated rings. The van der Waals surface area contributed by atoms with Crippen molar-refractivity contribution in [3.8, 4) is 11.5 Å². The molecule has 75 heavy (non-hydrogen) atoms. The van der Waals surface area contributed by atoms with E-state index < -0.39 is 42.9 Å². The van der Waals surface area contributed by atoms with E-state index in [1.807, 2.05) is 0 Å². The van der Waals surface area contributed by atoms with Gasteiger partial charge < -0.3 is 29.8 Å². The van der Waals surface area contributed by atoms with E-state index in [1.54, 1.807) is 19.1 Å². The van der Waals surface area contributed by atoms with Crippen molar-refractivity contribution in [3.05, 3.63) is 147 Å². The number of carbonyl (C=O) groups is 1. The van der Waals surface area contributed by atoms with Crippen LogP contribution in [0.5, 0.6) is 11.5 Å². The van der Waals surface area contributed by atoms with Crippen molar-refractivity contribution < 1.29 is 37.1 Å². The van der Waals surface area contributed by atoms with E-state index in [9.17, 15) is 32.8 Å². The van der Waals surface area contributed by atoms with Crippen molar-refractivity contribution >= 4 is 44.0 Å². The number of ether oxygens (including phenoxy) is 2. The molecular weight excluding hydrogens is 976 g/mol. The summed E-state index contributed by atoms with van der Waals surface area (Å²) < 4.78 is 56.2. The predicted molar refractivity (Wildman–Crippen MR) is 284 cm³/mol. The van der Waals surface area contributed by atoms with E-state index in [1.165, 1.54) is 58.9 Å². The van der Waals surface area contributed by atoms with Gasteiger partial charge in [-0.15, -0.1) is 0 Å². The number of amides is 1. The summed E-state index contributed by atoms with van der Waals surface area (Å²) in [5.74, 6) is -0.342. The van der Waals surface area contributed by atoms with Gasteiger partial charge in [-0.25, -0.2) is 22.5 Å². The number of nitro groups is 1. The van der Waals surface area contributed by atoms with Crippen LogP contribution in [0.4, 0.5) is 21.5 Å². The number of aliphatic hydroxyl groups is 1. The summed E-state index contributed by atoms with van der Waals surface area (Å²) in [6.45, 7) is 13.7. The van der Waals surface area contributed by atoms with Crippen molar-refractivity contribution in [3.63, 3.8) is 0 Å². The quantitative estimate of drug-likeness (QED) is 0.0529. The molecule has 1 atom stereocenters. The minimum atomic E-state index is -4.64. The number of nitrogens with one attached hydrogen (secondary N) is 3. The van der Waals surface area contributed by atoms with Gasteiger partial charge in [-0.3, -0.25) is 24.7 Å². The zero-order chi connectivity index (χ0) is 52.2. The molecule has 0 unspecified atom stereocenters. The fourth-order valence-corrected chi connectivity index (χ4v) is 13.1. The van der Waals surface area contributed by atoms with Crippen LogP contribution < -0.4 is 19.7 Å². The number of sulfonamides is 1. The van der Waals surface area contributed by atoms with Crippen LogP contribution in [0.3, 0.4) is 0 Å². The molecule has 4 N–H and O–H groups in total. The summed E-state index contributed by atoms with van der Waals surface area (Å²) in [4.78, 5) is 39.8. The van der Waals surface area contributed by atoms with Gasteiger partial charge in [0.15, 0.2) is 0 Å². The molecule has 0 radical (unpaired) electrons. The Bertz CT molecular complexity index is 3210. The fourth-order valence-electron chi connectivity index (χ4n) is 12.1. The van der Waals surface area contributed by atoms with E-state index in [4.69, 9.17) is 9.47 Å². The van der Waals surface area contributed by atoms with E-state index in [-0.39, 0.29) is 45.5 Å². The Labute approximate surface area is 436 Å². The molecule has 4 aromatic carbocycles. The minimum Gasteiger partial charge on any atom is -0.455 e. The number of rotatable bonds is 16. The number of nitrogens with zero attached hydrogens (tertiary/aromatic N) is 5. The smallest absolute Gasteiger partial charge is 0.293 e. The number of fused-ring (bicyclic) bond motifs is 1. The summed E-state index contributed by atoms with van der Waals surface area (Å²) in [6, 6.07) is 28.6. The number of aromatic nitrogens is 2. The number of halogens is 1. The molecule has 11 rings (SSSR count). The second-order valence-electron chi connectivity index (χ2n) is 22.3. The topological polar surface area (TPSA) is 195 Å². The molecule has 394 valence electrons. The SMILES string of the molecule is CC(C)c1ccccc1[C@@H]1CN(Cc2ccc(C3COC3)cc2)CCN1C1CC2(C1)CN(c1ccc(C(=O)NS(=O)(=O)c3ccc(NC[C@H]4CC[C@](C)(O)CC4)c([N+](=O)[O-])c3)c(Oc3cnc4[nH]cc(F)c4c3)c1)C2. The van der Waals surface area contributed by atoms with E-state index in [2.05, 4.69) is 97.1 Å². The lowest BCUT2D eigenvalue weighted by atomic mass is 9.59. The Balaban J connectivity index is 0.788. The second kappa shape index (κ2) is 20.3. The highest BCUT2D eigenvalue weighted by Crippen LogP contribution is 2.54. The maximum atomic E-state index is 14.7. The lowest BCUT2D eigenvalue weighted by Gasteiger charge is -2.63. The zero-order valence-electron chi connectivity index (χ0n) is 42.6. The van der Waals surface area contributed by atoms with Gasteiger partial charge in [0.2, 0.25) is 0 Å². The van der Waals surface area contributed by atoms with Crippen LogP contribution in [-0.2, 0) is 21.3 Å². The molecule has 3 aliphatic heterocycles. The van der Waals surface area contributed by atoms with Gasteiger partial charge in [0.05, 0.1) is 45.8 Å². The summed E-state index contributed by atoms with van der Waals surface area (Å²) in [7, 11) is -4.64. The first-order valence-corrected chi connectivity index (χ1v) is 27.7. The third-order valence-electron chi connectivity index (χ3n) is 16.6. The summed E-state index contributed by atoms with van der Waals surface area (Å²) >= 11 is 0. The average molecular weight is 1040 g/mol. The molecular formula is C57H65FN8O8S. The fraction of sp³-hybridized carbons (Fsp3) is 0.439. The Morgan fingerprint density at radius 1 is 1.01 bits per heavy atom. The van der Waals surface area contributed by atoms with Crippen LogP contribution >= 0.6 is 0 Å². The predicted octanol–water partition coefficient (Wildman–Crippen LogP) is 9.64. The lowest BCUT2D eigenvalue weighted by Crippen LogP contribution is -2.68. The maximum absolute atomic E-state index is 14.7. The lowest BCUT2D eigenvalue weighted by molar-refractivity contribution is -0.384. The van der Waals surface area contributed by atoms with E-state index >= 15 is 0 Å². The third-order valence-corrected chi connectivity index (χ3v) is 17.9. The Morgan fingerprint density at radius 3 is 2.49 bits per heavy atom. The number of hydrogen-bond donors (Lipinski definition) is 4. The van der Waals surface area contributed by atoms with Crippen molar-refractivity contribution in [1.29, 1.82) is 0 Å². The van der Waals surface area contributed by atoms with Crippen LogP contribution in [0.25, 0.3) is 11.0 Å². The van der Waals surface area contributed by atoms with E-state index in [0.29, 0.717) is 42.9 Å². The van der Waals surface area contributed by atoms with Gasteiger partial charge >= 0.3 is 0 Å². The highest BCUT2D eigenvalue weighted by atomic mass is 32.2. The van der Waals surface area contributed by atoms with Crippen LogP contribution in [0.1, 0.15) is 110 Å². The Morgan fingerprint density at radius 2 is 1.77 bits per heavy atom. The molecule has 6 aromatic rings. The van der Waals surface area contributed by atoms with Gasteiger partial charge in [-0.2, -0.15) is 0 Å². The number of aromatic amines is 1. The number of benzene rings is 4. The molecule has 2 aliphatic carbocycles. The summed E-state index contributed by atoms with van der Waals surface area (Å²) in [5.41, 5.74) is 5.48. The van der Waals surface area contributed by atoms with Gasteiger partial charge in [0.25, 0.3) is 21.6 Å². The summed E-state index contributed by atoms with van der Waals surface area (Å²) in [5, 5.41) is 25.9. The largest absolute Gasteiger partial charge is 0.455 e. The monoisotopic (exact) mass is 1040 g/mol. The molecule has 0 bridgehead atoms. The second-order valence-corrected chi connectivity index (χ2v) is 24.0. The Kier molecular flexibility index (Phi) is 13.7. The molecule has 16 nitrogen and oxygen atoms in total. The molecule has 18 heteroatoms. The van der Waals surface area contributed by atoms with Gasteiger partial charge in [-0.1, -0.05) is 62.4 Å². The number of piperazine rings is 1. The Hall–Kier alpha value is -6.44. The first-order valence-electron chi connectivity index (χ1n) is 26.2. The maximum Gasteiger partial charge on any atom is 0.293 e. The van der Waals surface area contributed by atoms with Crippen molar-refractivity contribution in [1.82, 2.24) is 24.5 Å². The third kappa shape index (κ3) is 10.6. The zero-order valence-corrected chi connectivity index (χ0v) is 43.5. The van der Waals surface area contributed by atoms with Crippen molar-refractivity contribution in [2.24, 2.45) is 11.3 Å². The standard InChI is InChI=1S/C57H65FN8O8S/c1-36(2)45-6-4-5-7-46(45)52-31-63(30-38-8-10-39(11-9-38)40-32-73-33-40)20-21-65(52)42-25-57(26-42)34-64(35-57)41-12-14-47(53(22-41)74-43-23-48-49(58)29-61-54(48)60-28-43)55(67)62-75(71,72)44-13-15-50(51(24-44)66(69)70)59-27-37-16-18-56(3,68)19-17-37/h4-15,22-24,28-29,36-37,40,42,52,59,68H,16-21,25-27,30-35H2,1-3H3,(H,60,61)(H,62,67)/t37-,52-,56-/m0/s1. The highest BCUT2D eigenvalue weighted by molar-refractivity contribution is 7.90. The number of hydrogen-bond acceptors (Lipinski definition) is 13. The van der Waals surface area contributed by atoms with Crippen molar-refractivity contribution in [2.45, 2.75) is 100 Å². The molecule has 1 spiro atoms. The first-order chi connectivity index (χ1) is 36.0. The van der Waals surface area contributed by atoms with Crippen LogP contribution in [0.15, 0.2) is 108 Å². The number of pyridine rings is 1. The molecule has 2 aromatic heterocycles. The minimum absolute atomic E-state index is 0.0212. The molecule has 1 amide bonds. The van der Waals surface area contributed by atoms with Crippen LogP contribution in [-0.4, -0.2) is 108 Å². The number of carbonyl (C=O) groups excluding carboxylic acids is 1. The molecule has 3 saturated heterocycles.